The Hall–Kier alpha value is 0.390. The van der Waals surface area contributed by atoms with Gasteiger partial charge in [0.15, 0.2) is 0 Å². The van der Waals surface area contributed by atoms with E-state index in [1.807, 2.05) is 0 Å². The van der Waals surface area contributed by atoms with Crippen LogP contribution in [0.2, 0.25) is 0 Å². The van der Waals surface area contributed by atoms with E-state index in [1.54, 1.807) is 0 Å². The lowest BCUT2D eigenvalue weighted by Gasteiger charge is -2.27. The van der Waals surface area contributed by atoms with Crippen LogP contribution in [0, 0.1) is 0 Å². The number of hydrogen-bond donors (Lipinski definition) is 0. The molecule has 1 N–H and O–H groups in total. The van der Waals surface area contributed by atoms with Crippen LogP contribution in [0.4, 0.5) is 0 Å². The lowest BCUT2D eigenvalue weighted by Crippen LogP contribution is -2.17. The lowest BCUT2D eigenvalue weighted by atomic mass is 10.3. The van der Waals surface area contributed by atoms with E-state index in [4.69, 9.17) is 0 Å². The third kappa shape index (κ3) is 3.89. The average molecular weight is 150 g/mol. The van der Waals surface area contributed by atoms with Crippen molar-refractivity contribution in [3.8, 4) is 0 Å². The molecule has 0 saturated heterocycles. The van der Waals surface area contributed by atoms with Crippen LogP contribution >= 0.6 is 7.26 Å². The van der Waals surface area contributed by atoms with Crippen molar-refractivity contribution in [3.63, 3.8) is 0 Å². The fraction of sp³-hybridized carbons (Fsp3) is 1.00. The molecule has 0 bridgehead atoms. The molecule has 0 saturated carbocycles. The van der Waals surface area contributed by atoms with Crippen LogP contribution < -0.4 is 0 Å². The second-order valence-corrected chi connectivity index (χ2v) is 9.55. The molecular formula is C7H19OP. The van der Waals surface area contributed by atoms with E-state index in [-0.39, 0.29) is 5.48 Å². The Labute approximate surface area is 59.5 Å². The van der Waals surface area contributed by atoms with Crippen LogP contribution in [0.3, 0.4) is 0 Å². The molecule has 0 amide bonds. The van der Waals surface area contributed by atoms with Crippen LogP contribution in [-0.4, -0.2) is 30.6 Å². The monoisotopic (exact) mass is 150 g/mol. The van der Waals surface area contributed by atoms with Crippen molar-refractivity contribution < 1.29 is 5.48 Å². The van der Waals surface area contributed by atoms with Gasteiger partial charge in [0, 0.05) is 27.3 Å². The second-order valence-electron chi connectivity index (χ2n) is 4.18. The SMILES string of the molecule is CC(C)(C)[P+](C)(C)C.[OH-]. The van der Waals surface area contributed by atoms with E-state index in [9.17, 15) is 0 Å². The highest BCUT2D eigenvalue weighted by molar-refractivity contribution is 7.75. The molecule has 0 spiro atoms. The maximum absolute atomic E-state index is 2.38. The Morgan fingerprint density at radius 3 is 1.00 bits per heavy atom. The van der Waals surface area contributed by atoms with Crippen molar-refractivity contribution in [2.75, 3.05) is 20.0 Å². The Morgan fingerprint density at radius 1 is 0.889 bits per heavy atom. The van der Waals surface area contributed by atoms with Gasteiger partial charge in [-0.2, -0.15) is 0 Å². The minimum atomic E-state index is -0.600. The summed E-state index contributed by atoms with van der Waals surface area (Å²) in [4.78, 5) is 0. The zero-order valence-corrected chi connectivity index (χ0v) is 8.29. The van der Waals surface area contributed by atoms with E-state index < -0.39 is 7.26 Å². The molecule has 0 fully saturated rings. The summed E-state index contributed by atoms with van der Waals surface area (Å²) in [5.41, 5.74) is 0. The first-order valence-electron chi connectivity index (χ1n) is 3.07. The van der Waals surface area contributed by atoms with Gasteiger partial charge in [0.1, 0.15) is 0 Å². The third-order valence-corrected chi connectivity index (χ3v) is 6.04. The second kappa shape index (κ2) is 2.98. The molecule has 9 heavy (non-hydrogen) atoms. The predicted molar refractivity (Wildman–Crippen MR) is 46.4 cm³/mol. The first kappa shape index (κ1) is 12.1. The zero-order chi connectivity index (χ0) is 7.00. The van der Waals surface area contributed by atoms with Gasteiger partial charge in [0.2, 0.25) is 0 Å². The van der Waals surface area contributed by atoms with Gasteiger partial charge in [-0.1, -0.05) is 0 Å². The van der Waals surface area contributed by atoms with E-state index in [0.717, 1.165) is 0 Å². The van der Waals surface area contributed by atoms with Gasteiger partial charge in [-0.25, -0.2) is 0 Å². The first-order chi connectivity index (χ1) is 3.25. The summed E-state index contributed by atoms with van der Waals surface area (Å²) in [6.45, 7) is 14.1. The maximum atomic E-state index is 2.38. The highest BCUT2D eigenvalue weighted by Gasteiger charge is 2.34. The summed E-state index contributed by atoms with van der Waals surface area (Å²) >= 11 is 0. The minimum Gasteiger partial charge on any atom is -0.870 e. The van der Waals surface area contributed by atoms with Crippen LogP contribution in [0.25, 0.3) is 0 Å². The molecule has 0 aliphatic rings. The van der Waals surface area contributed by atoms with Crippen molar-refractivity contribution in [1.82, 2.24) is 0 Å². The molecule has 0 heterocycles. The molecule has 2 heteroatoms. The number of rotatable bonds is 0. The quantitative estimate of drug-likeness (QED) is 0.488. The third-order valence-electron chi connectivity index (χ3n) is 2.01. The van der Waals surface area contributed by atoms with Crippen LogP contribution in [0.5, 0.6) is 0 Å². The summed E-state index contributed by atoms with van der Waals surface area (Å²) in [7, 11) is -0.600. The Morgan fingerprint density at radius 2 is 1.00 bits per heavy atom. The zero-order valence-electron chi connectivity index (χ0n) is 7.39. The molecule has 0 aliphatic heterocycles. The Balaban J connectivity index is 0. The van der Waals surface area contributed by atoms with Gasteiger partial charge >= 0.3 is 0 Å². The van der Waals surface area contributed by atoms with Gasteiger partial charge in [-0.3, -0.25) is 0 Å². The van der Waals surface area contributed by atoms with Crippen molar-refractivity contribution >= 4 is 7.26 Å². The Kier molecular flexibility index (Phi) is 4.01. The largest absolute Gasteiger partial charge is 0.870 e. The molecule has 0 radical (unpaired) electrons. The van der Waals surface area contributed by atoms with Gasteiger partial charge in [-0.15, -0.1) is 0 Å². The highest BCUT2D eigenvalue weighted by Crippen LogP contribution is 2.58. The van der Waals surface area contributed by atoms with E-state index in [0.29, 0.717) is 5.16 Å². The fourth-order valence-electron chi connectivity index (χ4n) is 0. The smallest absolute Gasteiger partial charge is 0.0707 e. The predicted octanol–water partition coefficient (Wildman–Crippen LogP) is 2.52. The van der Waals surface area contributed by atoms with Gasteiger partial charge in [-0.05, 0) is 20.8 Å². The van der Waals surface area contributed by atoms with Crippen LogP contribution in [-0.2, 0) is 0 Å². The van der Waals surface area contributed by atoms with Crippen molar-refractivity contribution in [1.29, 1.82) is 0 Å². The lowest BCUT2D eigenvalue weighted by molar-refractivity contribution is 0.778. The van der Waals surface area contributed by atoms with Gasteiger partial charge < -0.3 is 5.48 Å². The van der Waals surface area contributed by atoms with Gasteiger partial charge in [0.05, 0.1) is 5.16 Å². The topological polar surface area (TPSA) is 30.0 Å². The normalized spacial score (nSPS) is 12.7. The van der Waals surface area contributed by atoms with E-state index >= 15 is 0 Å². The van der Waals surface area contributed by atoms with Crippen molar-refractivity contribution in [3.05, 3.63) is 0 Å². The first-order valence-corrected chi connectivity index (χ1v) is 6.20. The summed E-state index contributed by atoms with van der Waals surface area (Å²) < 4.78 is 0. The Bertz CT molecular complexity index is 63.9. The molecule has 0 atom stereocenters. The molecular weight excluding hydrogens is 131 g/mol. The van der Waals surface area contributed by atoms with E-state index in [2.05, 4.69) is 40.8 Å². The molecule has 0 aromatic carbocycles. The fourth-order valence-corrected chi connectivity index (χ4v) is 0. The van der Waals surface area contributed by atoms with Crippen molar-refractivity contribution in [2.45, 2.75) is 25.9 Å². The van der Waals surface area contributed by atoms with Crippen molar-refractivity contribution in [2.24, 2.45) is 0 Å². The number of hydrogen-bond acceptors (Lipinski definition) is 1. The summed E-state index contributed by atoms with van der Waals surface area (Å²) in [6, 6.07) is 0. The summed E-state index contributed by atoms with van der Waals surface area (Å²) in [5, 5.41) is 0.549. The maximum Gasteiger partial charge on any atom is 0.0707 e. The van der Waals surface area contributed by atoms with E-state index in [1.165, 1.54) is 0 Å². The molecule has 0 aliphatic carbocycles. The highest BCUT2D eigenvalue weighted by atomic mass is 31.2. The molecule has 58 valence electrons. The molecule has 1 nitrogen and oxygen atoms in total. The molecule has 0 aromatic heterocycles. The molecule has 0 rings (SSSR count). The minimum absolute atomic E-state index is 0. The summed E-state index contributed by atoms with van der Waals surface area (Å²) in [5.74, 6) is 0. The average Bonchev–Trinajstić information content (AvgIpc) is 1.25. The molecule has 0 aromatic rings. The van der Waals surface area contributed by atoms with Crippen LogP contribution in [0.1, 0.15) is 20.8 Å². The molecule has 0 unspecified atom stereocenters. The van der Waals surface area contributed by atoms with Gasteiger partial charge in [0.25, 0.3) is 0 Å². The summed E-state index contributed by atoms with van der Waals surface area (Å²) in [6.07, 6.45) is 0. The van der Waals surface area contributed by atoms with Crippen LogP contribution in [0.15, 0.2) is 0 Å². The standard InChI is InChI=1S/C7H18P.H2O/c1-7(2,3)8(4,5)6;/h1-6H3;1H2/q+1;/p-1.